The number of alkyl halides is 5. The highest BCUT2D eigenvalue weighted by Gasteiger charge is 2.59. The molecular formula is C30H52F5N7O4S2. The van der Waals surface area contributed by atoms with Gasteiger partial charge in [0.1, 0.15) is 42.5 Å². The fourth-order valence-electron chi connectivity index (χ4n) is 8.04. The zero-order valence-electron chi connectivity index (χ0n) is 28.2. The average molecular weight is 734 g/mol. The van der Waals surface area contributed by atoms with E-state index in [9.17, 15) is 30.8 Å². The van der Waals surface area contributed by atoms with Gasteiger partial charge in [0.05, 0.1) is 28.5 Å². The Balaban J connectivity index is 1.27. The maximum absolute atomic E-state index is 16.0. The smallest absolute Gasteiger partial charge is 0.219 e. The van der Waals surface area contributed by atoms with E-state index in [4.69, 9.17) is 4.74 Å². The predicted octanol–water partition coefficient (Wildman–Crippen LogP) is 1.65. The third kappa shape index (κ3) is 7.81. The number of methoxy groups -OCH3 is 1. The number of thioether (sulfide) groups is 1. The molecule has 0 aromatic carbocycles. The molecule has 5 rings (SSSR count). The Kier molecular flexibility index (Phi) is 12.3. The van der Waals surface area contributed by atoms with Crippen molar-refractivity contribution in [2.45, 2.75) is 142 Å². The van der Waals surface area contributed by atoms with Crippen molar-refractivity contribution in [1.29, 1.82) is 0 Å². The first-order chi connectivity index (χ1) is 22.5. The van der Waals surface area contributed by atoms with E-state index in [-0.39, 0.29) is 55.8 Å². The van der Waals surface area contributed by atoms with Crippen LogP contribution in [0, 0.1) is 5.92 Å². The summed E-state index contributed by atoms with van der Waals surface area (Å²) in [5, 5.41) is 8.79. The Hall–Kier alpha value is -0.860. The number of sulfone groups is 1. The molecule has 2 saturated carbocycles. The summed E-state index contributed by atoms with van der Waals surface area (Å²) in [5.74, 6) is -2.03. The number of nitrogens with zero attached hydrogens (tertiary/aromatic N) is 2. The summed E-state index contributed by atoms with van der Waals surface area (Å²) in [4.78, 5) is 16.0. The van der Waals surface area contributed by atoms with Crippen LogP contribution >= 0.6 is 11.8 Å². The number of nitrogens with one attached hydrogen (secondary N) is 5. The maximum Gasteiger partial charge on any atom is 0.219 e. The number of hydrogen-bond donors (Lipinski definition) is 5. The van der Waals surface area contributed by atoms with E-state index in [1.54, 1.807) is 18.9 Å². The summed E-state index contributed by atoms with van der Waals surface area (Å²) in [5.41, 5.74) is 5.96. The summed E-state index contributed by atoms with van der Waals surface area (Å²) < 4.78 is 106. The Bertz CT molecular complexity index is 1210. The number of carbonyl (C=O) groups excluding carboxylic acids is 1. The zero-order chi connectivity index (χ0) is 35.1. The first-order valence-electron chi connectivity index (χ1n) is 17.0. The molecule has 5 aliphatic rings. The number of piperazine rings is 1. The minimum atomic E-state index is -4.40. The number of amides is 1. The number of carbonyl (C=O) groups is 1. The molecule has 0 aromatic heterocycles. The van der Waals surface area contributed by atoms with E-state index in [0.29, 0.717) is 26.2 Å². The first kappa shape index (κ1) is 38.4. The summed E-state index contributed by atoms with van der Waals surface area (Å²) in [7, 11) is -2.77. The Morgan fingerprint density at radius 2 is 1.56 bits per heavy atom. The molecule has 48 heavy (non-hydrogen) atoms. The van der Waals surface area contributed by atoms with Crippen molar-refractivity contribution in [1.82, 2.24) is 36.6 Å². The van der Waals surface area contributed by atoms with Crippen LogP contribution in [0.1, 0.15) is 59.8 Å². The van der Waals surface area contributed by atoms with Crippen molar-refractivity contribution in [3.8, 4) is 0 Å². The third-order valence-electron chi connectivity index (χ3n) is 11.0. The molecule has 278 valence electrons. The highest BCUT2D eigenvalue weighted by molar-refractivity contribution is 8.00. The van der Waals surface area contributed by atoms with Crippen LogP contribution in [0.5, 0.6) is 0 Å². The molecule has 3 aliphatic heterocycles. The standard InChI is InChI=1S/C30H52F5N7O4S2/c1-15-12-22(40-39-15)36-27-26(46-5)28(42-10-8-41(9-11-42)16(2)43)38-29(37-27)47-21-7-6-17(13-18(21)31)48(44,45)30(3,4)23-24(34)19(32)14-20(33)25(23)35/h15,17-29,36-40H,6-14H2,1-5H3. The second-order valence-electron chi connectivity index (χ2n) is 14.5. The number of ether oxygens (including phenoxy) is 1. The lowest BCUT2D eigenvalue weighted by Gasteiger charge is -2.50. The van der Waals surface area contributed by atoms with Gasteiger partial charge in [-0.3, -0.25) is 31.1 Å². The highest BCUT2D eigenvalue weighted by atomic mass is 32.2. The normalized spacial score (nSPS) is 43.8. The van der Waals surface area contributed by atoms with Crippen LogP contribution < -0.4 is 26.8 Å². The van der Waals surface area contributed by atoms with E-state index >= 15 is 4.39 Å². The van der Waals surface area contributed by atoms with Crippen LogP contribution in [0.2, 0.25) is 0 Å². The summed E-state index contributed by atoms with van der Waals surface area (Å²) in [6.07, 6.45) is -12.6. The van der Waals surface area contributed by atoms with Gasteiger partial charge in [-0.15, -0.1) is 11.8 Å². The van der Waals surface area contributed by atoms with Gasteiger partial charge in [0.15, 0.2) is 9.84 Å². The lowest BCUT2D eigenvalue weighted by Crippen LogP contribution is -2.75. The summed E-state index contributed by atoms with van der Waals surface area (Å²) in [6, 6.07) is 0.246. The monoisotopic (exact) mass is 733 g/mol. The van der Waals surface area contributed by atoms with Crippen LogP contribution in [0.4, 0.5) is 22.0 Å². The third-order valence-corrected chi connectivity index (χ3v) is 15.4. The summed E-state index contributed by atoms with van der Waals surface area (Å²) >= 11 is 1.31. The summed E-state index contributed by atoms with van der Waals surface area (Å²) in [6.45, 7) is 8.15. The molecule has 5 N–H and O–H groups in total. The van der Waals surface area contributed by atoms with Crippen LogP contribution in [0.25, 0.3) is 0 Å². The van der Waals surface area contributed by atoms with Gasteiger partial charge >= 0.3 is 0 Å². The van der Waals surface area contributed by atoms with Gasteiger partial charge < -0.3 is 9.64 Å². The van der Waals surface area contributed by atoms with Gasteiger partial charge in [0.25, 0.3) is 0 Å². The molecule has 11 nitrogen and oxygen atoms in total. The number of rotatable bonds is 9. The molecular weight excluding hydrogens is 681 g/mol. The van der Waals surface area contributed by atoms with Crippen molar-refractivity contribution < 1.29 is 39.9 Å². The largest absolute Gasteiger partial charge is 0.375 e. The number of hydrogen-bond acceptors (Lipinski definition) is 11. The van der Waals surface area contributed by atoms with Crippen molar-refractivity contribution in [2.75, 3.05) is 33.3 Å². The van der Waals surface area contributed by atoms with Crippen LogP contribution in [0.3, 0.4) is 0 Å². The minimum Gasteiger partial charge on any atom is -0.375 e. The molecule has 18 heteroatoms. The number of hydrazine groups is 1. The van der Waals surface area contributed by atoms with Crippen LogP contribution in [-0.4, -0.2) is 140 Å². The average Bonchev–Trinajstić information content (AvgIpc) is 3.44. The first-order valence-corrected chi connectivity index (χ1v) is 19.4. The van der Waals surface area contributed by atoms with Gasteiger partial charge in [-0.05, 0) is 46.5 Å². The molecule has 3 saturated heterocycles. The lowest BCUT2D eigenvalue weighted by atomic mass is 9.76. The molecule has 1 amide bonds. The van der Waals surface area contributed by atoms with E-state index in [0.717, 1.165) is 20.3 Å². The molecule has 13 unspecified atom stereocenters. The van der Waals surface area contributed by atoms with Crippen molar-refractivity contribution in [3.63, 3.8) is 0 Å². The van der Waals surface area contributed by atoms with Gasteiger partial charge in [-0.1, -0.05) is 0 Å². The van der Waals surface area contributed by atoms with Gasteiger partial charge in [-0.2, -0.15) is 0 Å². The zero-order valence-corrected chi connectivity index (χ0v) is 29.8. The molecule has 0 aromatic rings. The topological polar surface area (TPSA) is 127 Å². The Morgan fingerprint density at radius 1 is 0.917 bits per heavy atom. The van der Waals surface area contributed by atoms with Crippen LogP contribution in [0.15, 0.2) is 0 Å². The van der Waals surface area contributed by atoms with Crippen molar-refractivity contribution >= 4 is 27.5 Å². The van der Waals surface area contributed by atoms with E-state index in [1.165, 1.54) is 11.8 Å². The van der Waals surface area contributed by atoms with Crippen LogP contribution in [-0.2, 0) is 19.4 Å². The molecule has 0 radical (unpaired) electrons. The van der Waals surface area contributed by atoms with E-state index in [1.807, 2.05) is 0 Å². The predicted molar refractivity (Wildman–Crippen MR) is 174 cm³/mol. The van der Waals surface area contributed by atoms with E-state index < -0.39 is 73.8 Å². The minimum absolute atomic E-state index is 0.0130. The second kappa shape index (κ2) is 15.4. The number of halogens is 5. The molecule has 5 fully saturated rings. The molecule has 3 heterocycles. The maximum atomic E-state index is 16.0. The van der Waals surface area contributed by atoms with Gasteiger partial charge in [0, 0.05) is 63.8 Å². The fourth-order valence-corrected chi connectivity index (χ4v) is 11.8. The second-order valence-corrected chi connectivity index (χ2v) is 18.6. The lowest BCUT2D eigenvalue weighted by molar-refractivity contribution is -0.132. The van der Waals surface area contributed by atoms with Crippen molar-refractivity contribution in [2.24, 2.45) is 5.92 Å². The fraction of sp³-hybridized carbons (Fsp3) is 0.967. The molecule has 0 bridgehead atoms. The molecule has 13 atom stereocenters. The Labute approximate surface area is 284 Å². The molecule has 0 spiro atoms. The van der Waals surface area contributed by atoms with Gasteiger partial charge in [-0.25, -0.2) is 35.8 Å². The highest BCUT2D eigenvalue weighted by Crippen LogP contribution is 2.47. The van der Waals surface area contributed by atoms with E-state index in [2.05, 4.69) is 38.6 Å². The SMILES string of the molecule is COC1C(NC2CC(C)NN2)NC(SC2CCC(S(=O)(=O)C(C)(C)C3C(F)C(F)CC(F)C3F)CC2F)NC1N1CCN(C(C)=O)CC1. The van der Waals surface area contributed by atoms with Gasteiger partial charge in [0.2, 0.25) is 5.91 Å². The van der Waals surface area contributed by atoms with Crippen molar-refractivity contribution in [3.05, 3.63) is 0 Å². The quantitative estimate of drug-likeness (QED) is 0.222. The molecule has 2 aliphatic carbocycles. The Morgan fingerprint density at radius 3 is 2.10 bits per heavy atom.